The first-order chi connectivity index (χ1) is 13.7. The van der Waals surface area contributed by atoms with Crippen molar-refractivity contribution < 1.29 is 9.18 Å². The number of nitrogens with zero attached hydrogens (tertiary/aromatic N) is 1. The second-order valence-corrected chi connectivity index (χ2v) is 7.66. The summed E-state index contributed by atoms with van der Waals surface area (Å²) in [5, 5.41) is 5.57. The Hall–Kier alpha value is -2.99. The predicted molar refractivity (Wildman–Crippen MR) is 114 cm³/mol. The van der Waals surface area contributed by atoms with E-state index in [9.17, 15) is 9.18 Å². The van der Waals surface area contributed by atoms with Crippen molar-refractivity contribution >= 4 is 34.9 Å². The van der Waals surface area contributed by atoms with Gasteiger partial charge < -0.3 is 15.5 Å². The molecule has 28 heavy (non-hydrogen) atoms. The summed E-state index contributed by atoms with van der Waals surface area (Å²) < 4.78 is 13.0. The Bertz CT molecular complexity index is 963. The highest BCUT2D eigenvalue weighted by molar-refractivity contribution is 7.99. The van der Waals surface area contributed by atoms with Gasteiger partial charge in [0.2, 0.25) is 0 Å². The van der Waals surface area contributed by atoms with Gasteiger partial charge in [0.1, 0.15) is 5.82 Å². The van der Waals surface area contributed by atoms with Crippen molar-refractivity contribution in [2.45, 2.75) is 11.4 Å². The van der Waals surface area contributed by atoms with Gasteiger partial charge in [0.05, 0.1) is 5.69 Å². The van der Waals surface area contributed by atoms with Crippen molar-refractivity contribution in [1.29, 1.82) is 0 Å². The van der Waals surface area contributed by atoms with Crippen LogP contribution in [0.2, 0.25) is 0 Å². The molecule has 0 bridgehead atoms. The molecule has 0 fully saturated rings. The van der Waals surface area contributed by atoms with Gasteiger partial charge in [-0.05, 0) is 48.0 Å². The second-order valence-electron chi connectivity index (χ2n) is 6.52. The molecular weight excluding hydrogens is 373 g/mol. The number of carbonyl (C=O) groups is 1. The molecule has 0 unspecified atom stereocenters. The molecule has 0 saturated carbocycles. The summed E-state index contributed by atoms with van der Waals surface area (Å²) in [4.78, 5) is 15.8. The van der Waals surface area contributed by atoms with E-state index in [0.717, 1.165) is 30.2 Å². The summed E-state index contributed by atoms with van der Waals surface area (Å²) in [5.74, 6) is 0.703. The van der Waals surface area contributed by atoms with Crippen molar-refractivity contribution in [2.75, 3.05) is 27.8 Å². The van der Waals surface area contributed by atoms with Crippen LogP contribution >= 0.6 is 11.8 Å². The van der Waals surface area contributed by atoms with E-state index in [4.69, 9.17) is 0 Å². The number of benzene rings is 3. The zero-order chi connectivity index (χ0) is 19.3. The van der Waals surface area contributed by atoms with Gasteiger partial charge in [0.25, 0.3) is 0 Å². The number of anilines is 3. The van der Waals surface area contributed by atoms with Crippen LogP contribution in [0.1, 0.15) is 5.56 Å². The number of halogens is 1. The van der Waals surface area contributed by atoms with Gasteiger partial charge in [-0.3, -0.25) is 0 Å². The first kappa shape index (κ1) is 18.4. The zero-order valence-corrected chi connectivity index (χ0v) is 16.0. The zero-order valence-electron chi connectivity index (χ0n) is 15.2. The smallest absolute Gasteiger partial charge is 0.323 e. The minimum Gasteiger partial charge on any atom is -0.365 e. The summed E-state index contributed by atoms with van der Waals surface area (Å²) in [6.45, 7) is 1.79. The SMILES string of the molecule is O=C(Nc1ccc(F)cc1)Nc1ccc2c(c1)N(Cc1ccccc1)CCS2. The first-order valence-electron chi connectivity index (χ1n) is 9.07. The number of rotatable bonds is 4. The molecule has 3 aromatic carbocycles. The monoisotopic (exact) mass is 393 g/mol. The van der Waals surface area contributed by atoms with E-state index in [0.29, 0.717) is 5.69 Å². The molecule has 4 nitrogen and oxygen atoms in total. The third-order valence-corrected chi connectivity index (χ3v) is 5.54. The Kier molecular flexibility index (Phi) is 5.48. The molecule has 3 aromatic rings. The maximum Gasteiger partial charge on any atom is 0.323 e. The fraction of sp³-hybridized carbons (Fsp3) is 0.136. The number of fused-ring (bicyclic) bond motifs is 1. The number of thioether (sulfide) groups is 1. The molecule has 0 aliphatic carbocycles. The first-order valence-corrected chi connectivity index (χ1v) is 10.1. The quantitative estimate of drug-likeness (QED) is 0.608. The third kappa shape index (κ3) is 4.46. The van der Waals surface area contributed by atoms with Crippen molar-refractivity contribution in [1.82, 2.24) is 0 Å². The summed E-state index contributed by atoms with van der Waals surface area (Å²) in [5.41, 5.74) is 3.64. The molecule has 0 atom stereocenters. The van der Waals surface area contributed by atoms with Gasteiger partial charge in [-0.1, -0.05) is 30.3 Å². The molecule has 0 aromatic heterocycles. The predicted octanol–water partition coefficient (Wildman–Crippen LogP) is 5.58. The number of hydrogen-bond donors (Lipinski definition) is 2. The summed E-state index contributed by atoms with van der Waals surface area (Å²) in [6, 6.07) is 21.6. The molecule has 2 amide bonds. The van der Waals surface area contributed by atoms with Crippen LogP contribution in [0.15, 0.2) is 77.7 Å². The van der Waals surface area contributed by atoms with Gasteiger partial charge in [-0.25, -0.2) is 9.18 Å². The molecular formula is C22H20FN3OS. The van der Waals surface area contributed by atoms with Crippen molar-refractivity contribution in [3.8, 4) is 0 Å². The van der Waals surface area contributed by atoms with E-state index in [2.05, 4.69) is 27.7 Å². The molecule has 4 rings (SSSR count). The lowest BCUT2D eigenvalue weighted by molar-refractivity contribution is 0.262. The van der Waals surface area contributed by atoms with Crippen LogP contribution < -0.4 is 15.5 Å². The van der Waals surface area contributed by atoms with E-state index in [1.807, 2.05) is 48.2 Å². The van der Waals surface area contributed by atoms with E-state index in [-0.39, 0.29) is 11.8 Å². The average molecular weight is 393 g/mol. The van der Waals surface area contributed by atoms with Gasteiger partial charge in [0.15, 0.2) is 0 Å². The van der Waals surface area contributed by atoms with Crippen LogP contribution in [-0.2, 0) is 6.54 Å². The lowest BCUT2D eigenvalue weighted by atomic mass is 10.2. The third-order valence-electron chi connectivity index (χ3n) is 4.49. The summed E-state index contributed by atoms with van der Waals surface area (Å²) >= 11 is 1.83. The summed E-state index contributed by atoms with van der Waals surface area (Å²) in [6.07, 6.45) is 0. The van der Waals surface area contributed by atoms with E-state index in [1.54, 1.807) is 0 Å². The molecule has 6 heteroatoms. The van der Waals surface area contributed by atoms with Gasteiger partial charge in [0, 0.05) is 35.1 Å². The number of amides is 2. The normalized spacial score (nSPS) is 13.0. The molecule has 0 spiro atoms. The minimum absolute atomic E-state index is 0.336. The Morgan fingerprint density at radius 1 is 0.964 bits per heavy atom. The highest BCUT2D eigenvalue weighted by atomic mass is 32.2. The molecule has 142 valence electrons. The summed E-state index contributed by atoms with van der Waals surface area (Å²) in [7, 11) is 0. The molecule has 1 aliphatic heterocycles. The second kappa shape index (κ2) is 8.35. The maximum absolute atomic E-state index is 13.0. The van der Waals surface area contributed by atoms with E-state index < -0.39 is 0 Å². The lowest BCUT2D eigenvalue weighted by Gasteiger charge is -2.31. The van der Waals surface area contributed by atoms with Gasteiger partial charge >= 0.3 is 6.03 Å². The minimum atomic E-state index is -0.357. The Morgan fingerprint density at radius 2 is 1.68 bits per heavy atom. The molecule has 0 saturated heterocycles. The fourth-order valence-electron chi connectivity index (χ4n) is 3.15. The van der Waals surface area contributed by atoms with Crippen molar-refractivity contribution in [3.63, 3.8) is 0 Å². The van der Waals surface area contributed by atoms with Gasteiger partial charge in [-0.2, -0.15) is 0 Å². The Morgan fingerprint density at radius 3 is 2.46 bits per heavy atom. The lowest BCUT2D eigenvalue weighted by Crippen LogP contribution is -2.29. The highest BCUT2D eigenvalue weighted by Gasteiger charge is 2.18. The molecule has 1 heterocycles. The Labute approximate surface area is 167 Å². The molecule has 2 N–H and O–H groups in total. The van der Waals surface area contributed by atoms with Crippen LogP contribution in [0.5, 0.6) is 0 Å². The standard InChI is InChI=1S/C22H20FN3OS/c23-17-6-8-18(9-7-17)24-22(27)25-19-10-11-21-20(14-19)26(12-13-28-21)15-16-4-2-1-3-5-16/h1-11,14H,12-13,15H2,(H2,24,25,27). The van der Waals surface area contributed by atoms with Gasteiger partial charge in [-0.15, -0.1) is 11.8 Å². The highest BCUT2D eigenvalue weighted by Crippen LogP contribution is 2.37. The molecule has 1 aliphatic rings. The largest absolute Gasteiger partial charge is 0.365 e. The van der Waals surface area contributed by atoms with Crippen LogP contribution in [-0.4, -0.2) is 18.3 Å². The van der Waals surface area contributed by atoms with Crippen LogP contribution in [0.25, 0.3) is 0 Å². The number of carbonyl (C=O) groups excluding carboxylic acids is 1. The van der Waals surface area contributed by atoms with Crippen LogP contribution in [0.3, 0.4) is 0 Å². The number of nitrogens with one attached hydrogen (secondary N) is 2. The Balaban J connectivity index is 1.48. The number of hydrogen-bond acceptors (Lipinski definition) is 3. The van der Waals surface area contributed by atoms with Crippen molar-refractivity contribution in [2.24, 2.45) is 0 Å². The fourth-order valence-corrected chi connectivity index (χ4v) is 4.18. The van der Waals surface area contributed by atoms with Crippen LogP contribution in [0.4, 0.5) is 26.2 Å². The molecule has 0 radical (unpaired) electrons. The van der Waals surface area contributed by atoms with E-state index >= 15 is 0 Å². The van der Waals surface area contributed by atoms with Crippen molar-refractivity contribution in [3.05, 3.63) is 84.2 Å². The topological polar surface area (TPSA) is 44.4 Å². The van der Waals surface area contributed by atoms with E-state index in [1.165, 1.54) is 34.7 Å². The van der Waals surface area contributed by atoms with Crippen LogP contribution in [0, 0.1) is 5.82 Å². The average Bonchev–Trinajstić information content (AvgIpc) is 2.71. The maximum atomic E-state index is 13.0. The number of urea groups is 1.